The number of rotatable bonds is 1. The van der Waals surface area contributed by atoms with E-state index in [0.717, 1.165) is 23.8 Å². The SMILES string of the molecule is CNC1CC(C)C(C)C(C)C1. The average Bonchev–Trinajstić information content (AvgIpc) is 1.99. The quantitative estimate of drug-likeness (QED) is 0.612. The Morgan fingerprint density at radius 3 is 1.82 bits per heavy atom. The summed E-state index contributed by atoms with van der Waals surface area (Å²) in [5.74, 6) is 2.71. The van der Waals surface area contributed by atoms with Gasteiger partial charge in [0.25, 0.3) is 0 Å². The van der Waals surface area contributed by atoms with E-state index in [-0.39, 0.29) is 0 Å². The molecule has 0 aromatic rings. The molecule has 66 valence electrons. The van der Waals surface area contributed by atoms with Crippen LogP contribution in [0.5, 0.6) is 0 Å². The highest BCUT2D eigenvalue weighted by atomic mass is 14.9. The maximum absolute atomic E-state index is 3.39. The van der Waals surface area contributed by atoms with Crippen molar-refractivity contribution in [3.05, 3.63) is 0 Å². The van der Waals surface area contributed by atoms with E-state index in [2.05, 4.69) is 33.1 Å². The first kappa shape index (κ1) is 9.05. The normalized spacial score (nSPS) is 45.8. The summed E-state index contributed by atoms with van der Waals surface area (Å²) in [6.45, 7) is 7.15. The van der Waals surface area contributed by atoms with Gasteiger partial charge in [-0.15, -0.1) is 0 Å². The third-order valence-corrected chi connectivity index (χ3v) is 3.52. The Hall–Kier alpha value is -0.0400. The Bertz CT molecular complexity index is 110. The number of hydrogen-bond acceptors (Lipinski definition) is 1. The van der Waals surface area contributed by atoms with Crippen molar-refractivity contribution in [1.82, 2.24) is 5.32 Å². The molecule has 0 aromatic heterocycles. The molecule has 1 saturated carbocycles. The summed E-state index contributed by atoms with van der Waals surface area (Å²) in [6.07, 6.45) is 2.73. The molecule has 0 saturated heterocycles. The van der Waals surface area contributed by atoms with Crippen LogP contribution < -0.4 is 5.32 Å². The van der Waals surface area contributed by atoms with E-state index in [9.17, 15) is 0 Å². The molecule has 0 aliphatic heterocycles. The van der Waals surface area contributed by atoms with Gasteiger partial charge in [-0.3, -0.25) is 0 Å². The van der Waals surface area contributed by atoms with E-state index in [1.165, 1.54) is 12.8 Å². The molecular formula is C10H21N. The van der Waals surface area contributed by atoms with Crippen LogP contribution in [0.2, 0.25) is 0 Å². The van der Waals surface area contributed by atoms with E-state index >= 15 is 0 Å². The smallest absolute Gasteiger partial charge is 0.00693 e. The van der Waals surface area contributed by atoms with E-state index in [0.29, 0.717) is 0 Å². The van der Waals surface area contributed by atoms with Gasteiger partial charge >= 0.3 is 0 Å². The Morgan fingerprint density at radius 2 is 1.45 bits per heavy atom. The summed E-state index contributed by atoms with van der Waals surface area (Å²) >= 11 is 0. The first-order valence-corrected chi connectivity index (χ1v) is 4.82. The molecule has 0 amide bonds. The van der Waals surface area contributed by atoms with E-state index in [1.54, 1.807) is 0 Å². The standard InChI is InChI=1S/C10H21N/c1-7-5-10(11-4)6-8(2)9(7)3/h7-11H,5-6H2,1-4H3. The van der Waals surface area contributed by atoms with Crippen LogP contribution in [0.3, 0.4) is 0 Å². The lowest BCUT2D eigenvalue weighted by Gasteiger charge is -2.37. The highest BCUT2D eigenvalue weighted by Gasteiger charge is 2.28. The molecule has 0 aromatic carbocycles. The summed E-state index contributed by atoms with van der Waals surface area (Å²) in [6, 6.07) is 0.774. The van der Waals surface area contributed by atoms with Crippen molar-refractivity contribution in [2.75, 3.05) is 7.05 Å². The van der Waals surface area contributed by atoms with Gasteiger partial charge in [-0.25, -0.2) is 0 Å². The zero-order valence-electron chi connectivity index (χ0n) is 8.22. The van der Waals surface area contributed by atoms with Gasteiger partial charge in [0.1, 0.15) is 0 Å². The summed E-state index contributed by atoms with van der Waals surface area (Å²) in [5.41, 5.74) is 0. The highest BCUT2D eigenvalue weighted by Crippen LogP contribution is 2.33. The van der Waals surface area contributed by atoms with Crippen molar-refractivity contribution in [2.45, 2.75) is 39.7 Å². The largest absolute Gasteiger partial charge is 0.317 e. The van der Waals surface area contributed by atoms with Crippen molar-refractivity contribution < 1.29 is 0 Å². The van der Waals surface area contributed by atoms with Gasteiger partial charge in [0, 0.05) is 6.04 Å². The second kappa shape index (κ2) is 3.57. The van der Waals surface area contributed by atoms with Crippen LogP contribution in [0, 0.1) is 17.8 Å². The zero-order chi connectivity index (χ0) is 8.43. The van der Waals surface area contributed by atoms with E-state index in [1.807, 2.05) is 0 Å². The molecule has 1 aliphatic carbocycles. The molecule has 11 heavy (non-hydrogen) atoms. The van der Waals surface area contributed by atoms with Crippen molar-refractivity contribution in [1.29, 1.82) is 0 Å². The molecule has 0 spiro atoms. The molecule has 0 bridgehead atoms. The molecular weight excluding hydrogens is 134 g/mol. The van der Waals surface area contributed by atoms with Gasteiger partial charge in [0.15, 0.2) is 0 Å². The first-order valence-electron chi connectivity index (χ1n) is 4.82. The summed E-state index contributed by atoms with van der Waals surface area (Å²) in [4.78, 5) is 0. The number of nitrogens with one attached hydrogen (secondary N) is 1. The van der Waals surface area contributed by atoms with Crippen LogP contribution in [0.15, 0.2) is 0 Å². The lowest BCUT2D eigenvalue weighted by molar-refractivity contribution is 0.163. The van der Waals surface area contributed by atoms with Crippen molar-refractivity contribution >= 4 is 0 Å². The van der Waals surface area contributed by atoms with Crippen LogP contribution in [0.25, 0.3) is 0 Å². The van der Waals surface area contributed by atoms with Gasteiger partial charge < -0.3 is 5.32 Å². The second-order valence-electron chi connectivity index (χ2n) is 4.27. The monoisotopic (exact) mass is 155 g/mol. The third-order valence-electron chi connectivity index (χ3n) is 3.52. The molecule has 1 rings (SSSR count). The Morgan fingerprint density at radius 1 is 1.00 bits per heavy atom. The van der Waals surface area contributed by atoms with Gasteiger partial charge in [0.2, 0.25) is 0 Å². The van der Waals surface area contributed by atoms with Gasteiger partial charge in [-0.05, 0) is 37.6 Å². The molecule has 0 heterocycles. The summed E-state index contributed by atoms with van der Waals surface area (Å²) in [7, 11) is 2.08. The second-order valence-corrected chi connectivity index (χ2v) is 4.27. The van der Waals surface area contributed by atoms with Crippen LogP contribution in [0.1, 0.15) is 33.6 Å². The zero-order valence-corrected chi connectivity index (χ0v) is 8.22. The molecule has 1 N–H and O–H groups in total. The number of hydrogen-bond donors (Lipinski definition) is 1. The minimum Gasteiger partial charge on any atom is -0.317 e. The van der Waals surface area contributed by atoms with Crippen LogP contribution in [-0.2, 0) is 0 Å². The molecule has 1 aliphatic rings. The van der Waals surface area contributed by atoms with E-state index in [4.69, 9.17) is 0 Å². The predicted octanol–water partition coefficient (Wildman–Crippen LogP) is 2.28. The maximum Gasteiger partial charge on any atom is 0.00693 e. The Balaban J connectivity index is 2.47. The summed E-state index contributed by atoms with van der Waals surface area (Å²) < 4.78 is 0. The maximum atomic E-state index is 3.39. The predicted molar refractivity (Wildman–Crippen MR) is 49.6 cm³/mol. The van der Waals surface area contributed by atoms with Crippen molar-refractivity contribution in [3.63, 3.8) is 0 Å². The first-order chi connectivity index (χ1) is 5.15. The molecule has 1 heteroatoms. The molecule has 1 nitrogen and oxygen atoms in total. The van der Waals surface area contributed by atoms with Crippen molar-refractivity contribution in [2.24, 2.45) is 17.8 Å². The van der Waals surface area contributed by atoms with E-state index < -0.39 is 0 Å². The lowest BCUT2D eigenvalue weighted by Crippen LogP contribution is -2.38. The minimum absolute atomic E-state index is 0.774. The fraction of sp³-hybridized carbons (Fsp3) is 1.00. The van der Waals surface area contributed by atoms with Gasteiger partial charge in [-0.1, -0.05) is 20.8 Å². The fourth-order valence-electron chi connectivity index (χ4n) is 2.22. The third kappa shape index (κ3) is 1.96. The van der Waals surface area contributed by atoms with Crippen LogP contribution >= 0.6 is 0 Å². The van der Waals surface area contributed by atoms with Crippen molar-refractivity contribution in [3.8, 4) is 0 Å². The molecule has 1 fully saturated rings. The Labute approximate surface area is 70.6 Å². The highest BCUT2D eigenvalue weighted by molar-refractivity contribution is 4.82. The summed E-state index contributed by atoms with van der Waals surface area (Å²) in [5, 5.41) is 3.39. The fourth-order valence-corrected chi connectivity index (χ4v) is 2.22. The molecule has 2 unspecified atom stereocenters. The topological polar surface area (TPSA) is 12.0 Å². The van der Waals surface area contributed by atoms with Gasteiger partial charge in [-0.2, -0.15) is 0 Å². The molecule has 2 atom stereocenters. The lowest BCUT2D eigenvalue weighted by atomic mass is 9.73. The minimum atomic E-state index is 0.774. The van der Waals surface area contributed by atoms with Crippen LogP contribution in [-0.4, -0.2) is 13.1 Å². The molecule has 0 radical (unpaired) electrons. The van der Waals surface area contributed by atoms with Gasteiger partial charge in [0.05, 0.1) is 0 Å². The Kier molecular flexibility index (Phi) is 2.94. The van der Waals surface area contributed by atoms with Crippen LogP contribution in [0.4, 0.5) is 0 Å². The average molecular weight is 155 g/mol.